The van der Waals surface area contributed by atoms with Crippen molar-refractivity contribution in [3.05, 3.63) is 0 Å². The molecule has 0 spiro atoms. The molecule has 1 fully saturated rings. The van der Waals surface area contributed by atoms with E-state index < -0.39 is 0 Å². The predicted octanol–water partition coefficient (Wildman–Crippen LogP) is 5.24. The highest BCUT2D eigenvalue weighted by Gasteiger charge is 2.50. The third-order valence-corrected chi connectivity index (χ3v) is 9.41. The van der Waals surface area contributed by atoms with Gasteiger partial charge in [-0.3, -0.25) is 0 Å². The SMILES string of the molecule is CCC1B(I)C(CC)B(I)C(CC)B1I. The van der Waals surface area contributed by atoms with E-state index in [4.69, 9.17) is 0 Å². The quantitative estimate of drug-likeness (QED) is 0.340. The van der Waals surface area contributed by atoms with Crippen LogP contribution in [0.2, 0.25) is 17.1 Å². The second-order valence-corrected chi connectivity index (χ2v) is 8.86. The molecule has 84 valence electrons. The monoisotopic (exact) mass is 540 g/mol. The molecule has 1 saturated heterocycles. The molecule has 0 nitrogen and oxygen atoms in total. The lowest BCUT2D eigenvalue weighted by Gasteiger charge is -2.41. The Hall–Kier alpha value is 2.38. The van der Waals surface area contributed by atoms with Crippen LogP contribution in [0, 0.1) is 0 Å². The highest BCUT2D eigenvalue weighted by molar-refractivity contribution is 14.1. The van der Waals surface area contributed by atoms with Crippen molar-refractivity contribution in [2.45, 2.75) is 57.2 Å². The van der Waals surface area contributed by atoms with Gasteiger partial charge in [0.2, 0.25) is 13.7 Å². The lowest BCUT2D eigenvalue weighted by molar-refractivity contribution is 0.875. The zero-order valence-corrected chi connectivity index (χ0v) is 16.2. The first kappa shape index (κ1) is 15.4. The van der Waals surface area contributed by atoms with E-state index in [0.29, 0.717) is 0 Å². The Kier molecular flexibility index (Phi) is 7.30. The molecule has 1 rings (SSSR count). The van der Waals surface area contributed by atoms with Gasteiger partial charge in [0.1, 0.15) is 0 Å². The van der Waals surface area contributed by atoms with E-state index in [1.807, 2.05) is 0 Å². The van der Waals surface area contributed by atoms with Crippen molar-refractivity contribution in [2.24, 2.45) is 0 Å². The van der Waals surface area contributed by atoms with Gasteiger partial charge in [-0.1, -0.05) is 57.2 Å². The summed E-state index contributed by atoms with van der Waals surface area (Å²) in [6, 6.07) is 0. The molecule has 0 radical (unpaired) electrons. The van der Waals surface area contributed by atoms with Gasteiger partial charge in [-0.15, -0.1) is 0 Å². The average molecular weight is 539 g/mol. The van der Waals surface area contributed by atoms with E-state index >= 15 is 0 Å². The number of halogens is 3. The summed E-state index contributed by atoms with van der Waals surface area (Å²) in [5, 5.41) is 0. The largest absolute Gasteiger partial charge is 0.211 e. The van der Waals surface area contributed by atoms with E-state index in [9.17, 15) is 0 Å². The molecule has 0 atom stereocenters. The molecule has 1 aliphatic rings. The van der Waals surface area contributed by atoms with Crippen LogP contribution in [0.15, 0.2) is 0 Å². The molecular weight excluding hydrogens is 521 g/mol. The topological polar surface area (TPSA) is 0 Å². The first-order chi connectivity index (χ1) is 7.08. The molecule has 0 aromatic rings. The molecule has 0 N–H and O–H groups in total. The Morgan fingerprint density at radius 1 is 0.667 bits per heavy atom. The van der Waals surface area contributed by atoms with Crippen LogP contribution in [0.1, 0.15) is 40.0 Å². The summed E-state index contributed by atoms with van der Waals surface area (Å²) >= 11 is 8.18. The summed E-state index contributed by atoms with van der Waals surface area (Å²) in [6.45, 7) is 7.11. The second kappa shape index (κ2) is 7.09. The lowest BCUT2D eigenvalue weighted by atomic mass is 9.17. The third kappa shape index (κ3) is 3.23. The van der Waals surface area contributed by atoms with Crippen LogP contribution in [0.25, 0.3) is 0 Å². The van der Waals surface area contributed by atoms with Gasteiger partial charge in [0, 0.05) is 0 Å². The molecule has 0 amide bonds. The van der Waals surface area contributed by atoms with Crippen LogP contribution >= 0.6 is 67.1 Å². The molecule has 1 aliphatic heterocycles. The number of hydrogen-bond acceptors (Lipinski definition) is 0. The Bertz CT molecular complexity index is 160. The van der Waals surface area contributed by atoms with Crippen LogP contribution < -0.4 is 0 Å². The fraction of sp³-hybridized carbons (Fsp3) is 1.00. The van der Waals surface area contributed by atoms with Crippen molar-refractivity contribution in [2.75, 3.05) is 0 Å². The Labute approximate surface area is 136 Å². The Balaban J connectivity index is 2.87. The fourth-order valence-electron chi connectivity index (χ4n) is 2.83. The number of rotatable bonds is 3. The summed E-state index contributed by atoms with van der Waals surface area (Å²) in [4.78, 5) is 0. The first-order valence-corrected chi connectivity index (χ1v) is 9.74. The summed E-state index contributed by atoms with van der Waals surface area (Å²) in [5.74, 6) is 0. The van der Waals surface area contributed by atoms with Gasteiger partial charge in [-0.25, -0.2) is 0 Å². The van der Waals surface area contributed by atoms with Crippen LogP contribution in [0.5, 0.6) is 0 Å². The first-order valence-electron chi connectivity index (χ1n) is 6.00. The van der Waals surface area contributed by atoms with E-state index in [1.54, 1.807) is 0 Å². The van der Waals surface area contributed by atoms with Crippen molar-refractivity contribution >= 4 is 80.8 Å². The average Bonchev–Trinajstić information content (AvgIpc) is 2.19. The van der Waals surface area contributed by atoms with Crippen molar-refractivity contribution in [1.82, 2.24) is 0 Å². The van der Waals surface area contributed by atoms with Crippen LogP contribution in [0.3, 0.4) is 0 Å². The van der Waals surface area contributed by atoms with Crippen molar-refractivity contribution in [1.29, 1.82) is 0 Å². The molecule has 0 aromatic heterocycles. The maximum absolute atomic E-state index is 2.73. The molecule has 0 aliphatic carbocycles. The summed E-state index contributed by atoms with van der Waals surface area (Å²) in [5.41, 5.74) is 2.81. The lowest BCUT2D eigenvalue weighted by Crippen LogP contribution is -2.47. The van der Waals surface area contributed by atoms with Crippen LogP contribution in [-0.4, -0.2) is 13.7 Å². The fourth-order valence-corrected chi connectivity index (χ4v) is 10.9. The minimum Gasteiger partial charge on any atom is -0.151 e. The normalized spacial score (nSPS) is 32.4. The summed E-state index contributed by atoms with van der Waals surface area (Å²) < 4.78 is 2.68. The van der Waals surface area contributed by atoms with Gasteiger partial charge in [-0.2, -0.15) is 67.1 Å². The molecule has 0 unspecified atom stereocenters. The van der Waals surface area contributed by atoms with E-state index in [-0.39, 0.29) is 0 Å². The molecule has 0 aromatic carbocycles. The van der Waals surface area contributed by atoms with E-state index in [1.165, 1.54) is 19.3 Å². The molecule has 1 heterocycles. The van der Waals surface area contributed by atoms with Crippen LogP contribution in [-0.2, 0) is 0 Å². The Morgan fingerprint density at radius 2 is 0.867 bits per heavy atom. The minimum atomic E-state index is 0.893. The predicted molar refractivity (Wildman–Crippen MR) is 101 cm³/mol. The van der Waals surface area contributed by atoms with Crippen molar-refractivity contribution in [3.63, 3.8) is 0 Å². The molecule has 15 heavy (non-hydrogen) atoms. The highest BCUT2D eigenvalue weighted by Crippen LogP contribution is 2.51. The summed E-state index contributed by atoms with van der Waals surface area (Å²) in [6.07, 6.45) is 4.08. The molecular formula is C9H18B3I3. The van der Waals surface area contributed by atoms with E-state index in [2.05, 4.69) is 87.9 Å². The van der Waals surface area contributed by atoms with Crippen LogP contribution in [0.4, 0.5) is 0 Å². The van der Waals surface area contributed by atoms with Gasteiger partial charge in [-0.05, 0) is 0 Å². The van der Waals surface area contributed by atoms with Gasteiger partial charge in [0.05, 0.1) is 0 Å². The van der Waals surface area contributed by atoms with Gasteiger partial charge in [0.15, 0.2) is 0 Å². The van der Waals surface area contributed by atoms with Crippen molar-refractivity contribution < 1.29 is 0 Å². The van der Waals surface area contributed by atoms with Gasteiger partial charge >= 0.3 is 0 Å². The number of hydrogen-bond donors (Lipinski definition) is 0. The third-order valence-electron chi connectivity index (χ3n) is 3.87. The molecule has 0 saturated carbocycles. The van der Waals surface area contributed by atoms with Crippen molar-refractivity contribution in [3.8, 4) is 0 Å². The molecule has 0 bridgehead atoms. The van der Waals surface area contributed by atoms with E-state index in [0.717, 1.165) is 30.9 Å². The smallest absolute Gasteiger partial charge is 0.151 e. The second-order valence-electron chi connectivity index (χ2n) is 4.55. The Morgan fingerprint density at radius 3 is 1.00 bits per heavy atom. The highest BCUT2D eigenvalue weighted by atomic mass is 127. The zero-order chi connectivity index (χ0) is 11.6. The minimum absolute atomic E-state index is 0.893. The maximum Gasteiger partial charge on any atom is 0.211 e. The van der Waals surface area contributed by atoms with Gasteiger partial charge < -0.3 is 0 Å². The standard InChI is InChI=1S/C9H18B3I3/c1-4-7-10(13)8(5-2)12(15)9(6-3)11(7)14/h7-9H,4-6H2,1-3H3. The van der Waals surface area contributed by atoms with Gasteiger partial charge in [0.25, 0.3) is 0 Å². The zero-order valence-electron chi connectivity index (χ0n) is 9.72. The molecule has 6 heteroatoms. The summed E-state index contributed by atoms with van der Waals surface area (Å²) in [7, 11) is 0. The maximum atomic E-state index is 2.73.